The molecule has 30 heavy (non-hydrogen) atoms. The molecular formula is C21H21ClFN5O2. The number of amides is 1. The van der Waals surface area contributed by atoms with Gasteiger partial charge in [-0.25, -0.2) is 9.37 Å². The summed E-state index contributed by atoms with van der Waals surface area (Å²) in [6.07, 6.45) is 6.40. The number of nitrogens with zero attached hydrogens (tertiary/aromatic N) is 4. The van der Waals surface area contributed by atoms with E-state index in [1.807, 2.05) is 0 Å². The number of rotatable bonds is 6. The van der Waals surface area contributed by atoms with Gasteiger partial charge in [0.1, 0.15) is 22.9 Å². The van der Waals surface area contributed by atoms with E-state index in [2.05, 4.69) is 21.9 Å². The lowest BCUT2D eigenvalue weighted by Gasteiger charge is -2.35. The van der Waals surface area contributed by atoms with Gasteiger partial charge in [0.2, 0.25) is 5.95 Å². The summed E-state index contributed by atoms with van der Waals surface area (Å²) in [7, 11) is 1.74. The zero-order valence-electron chi connectivity index (χ0n) is 16.6. The number of fused-ring (bicyclic) bond motifs is 1. The van der Waals surface area contributed by atoms with E-state index in [9.17, 15) is 14.3 Å². The Morgan fingerprint density at radius 2 is 2.23 bits per heavy atom. The molecule has 2 aromatic rings. The Labute approximate surface area is 178 Å². The van der Waals surface area contributed by atoms with Gasteiger partial charge >= 0.3 is 0 Å². The largest absolute Gasteiger partial charge is 0.392 e. The third kappa shape index (κ3) is 4.34. The minimum atomic E-state index is -0.583. The van der Waals surface area contributed by atoms with Gasteiger partial charge in [-0.2, -0.15) is 4.98 Å². The average Bonchev–Trinajstić information content (AvgIpc) is 2.71. The Morgan fingerprint density at radius 1 is 1.47 bits per heavy atom. The summed E-state index contributed by atoms with van der Waals surface area (Å²) in [5, 5.41) is 12.5. The van der Waals surface area contributed by atoms with Crippen molar-refractivity contribution in [3.63, 3.8) is 0 Å². The highest BCUT2D eigenvalue weighted by Crippen LogP contribution is 2.34. The van der Waals surface area contributed by atoms with Crippen molar-refractivity contribution in [3.8, 4) is 0 Å². The van der Waals surface area contributed by atoms with E-state index in [-0.39, 0.29) is 35.5 Å². The summed E-state index contributed by atoms with van der Waals surface area (Å²) in [6, 6.07) is 4.27. The number of hydrogen-bond acceptors (Lipinski definition) is 6. The Morgan fingerprint density at radius 3 is 2.90 bits per heavy atom. The summed E-state index contributed by atoms with van der Waals surface area (Å²) < 4.78 is 14.3. The van der Waals surface area contributed by atoms with E-state index in [0.29, 0.717) is 17.1 Å². The number of carbonyl (C=O) groups is 1. The minimum absolute atomic E-state index is 0.0215. The third-order valence-electron chi connectivity index (χ3n) is 4.39. The molecular weight excluding hydrogens is 409 g/mol. The normalized spacial score (nSPS) is 14.6. The van der Waals surface area contributed by atoms with Crippen LogP contribution in [-0.4, -0.2) is 41.3 Å². The van der Waals surface area contributed by atoms with Gasteiger partial charge in [0.25, 0.3) is 5.91 Å². The van der Waals surface area contributed by atoms with Crippen molar-refractivity contribution in [2.75, 3.05) is 35.4 Å². The van der Waals surface area contributed by atoms with E-state index < -0.39 is 11.7 Å². The molecule has 1 aromatic heterocycles. The summed E-state index contributed by atoms with van der Waals surface area (Å²) in [5.74, 6) is -0.321. The molecule has 7 nitrogen and oxygen atoms in total. The first kappa shape index (κ1) is 21.5. The molecule has 0 radical (unpaired) electrons. The van der Waals surface area contributed by atoms with Crippen molar-refractivity contribution in [2.45, 2.75) is 6.92 Å². The fourth-order valence-electron chi connectivity index (χ4n) is 3.07. The Balaban J connectivity index is 1.90. The zero-order chi connectivity index (χ0) is 21.8. The van der Waals surface area contributed by atoms with E-state index >= 15 is 0 Å². The lowest BCUT2D eigenvalue weighted by molar-refractivity contribution is 0.0981. The quantitative estimate of drug-likeness (QED) is 0.681. The first-order valence-electron chi connectivity index (χ1n) is 9.07. The highest BCUT2D eigenvalue weighted by Gasteiger charge is 2.33. The Kier molecular flexibility index (Phi) is 6.49. The number of nitrogens with one attached hydrogen (secondary N) is 1. The zero-order valence-corrected chi connectivity index (χ0v) is 17.3. The van der Waals surface area contributed by atoms with Crippen LogP contribution < -0.4 is 15.1 Å². The maximum Gasteiger partial charge on any atom is 0.265 e. The van der Waals surface area contributed by atoms with E-state index in [4.69, 9.17) is 11.6 Å². The Bertz CT molecular complexity index is 1030. The van der Waals surface area contributed by atoms with Gasteiger partial charge in [-0.15, -0.1) is 0 Å². The molecule has 0 atom stereocenters. The van der Waals surface area contributed by atoms with Crippen LogP contribution in [0.5, 0.6) is 0 Å². The van der Waals surface area contributed by atoms with Gasteiger partial charge in [-0.1, -0.05) is 36.4 Å². The highest BCUT2D eigenvalue weighted by molar-refractivity contribution is 6.34. The number of aliphatic hydroxyl groups is 1. The molecule has 1 amide bonds. The fourth-order valence-corrected chi connectivity index (χ4v) is 3.34. The number of allylic oxidation sites excluding steroid dienone is 3. The summed E-state index contributed by atoms with van der Waals surface area (Å²) in [6.45, 7) is 5.35. The van der Waals surface area contributed by atoms with Crippen LogP contribution in [0.3, 0.4) is 0 Å². The van der Waals surface area contributed by atoms with Crippen molar-refractivity contribution in [1.82, 2.24) is 9.97 Å². The number of para-hydroxylation sites is 1. The molecule has 156 valence electrons. The maximum atomic E-state index is 14.3. The molecule has 2 N–H and O–H groups in total. The van der Waals surface area contributed by atoms with Crippen LogP contribution in [0.1, 0.15) is 17.3 Å². The summed E-state index contributed by atoms with van der Waals surface area (Å²) in [4.78, 5) is 24.6. The molecule has 2 heterocycles. The lowest BCUT2D eigenvalue weighted by Crippen LogP contribution is -2.46. The van der Waals surface area contributed by atoms with Gasteiger partial charge in [-0.05, 0) is 30.7 Å². The van der Waals surface area contributed by atoms with Crippen molar-refractivity contribution >= 4 is 35.0 Å². The topological polar surface area (TPSA) is 81.6 Å². The van der Waals surface area contributed by atoms with Crippen LogP contribution in [0.25, 0.3) is 0 Å². The van der Waals surface area contributed by atoms with Crippen LogP contribution in [0.15, 0.2) is 60.5 Å². The number of aliphatic hydroxyl groups excluding tert-OH is 1. The molecule has 1 aliphatic heterocycles. The number of halogens is 2. The van der Waals surface area contributed by atoms with E-state index in [0.717, 1.165) is 0 Å². The molecule has 9 heteroatoms. The first-order chi connectivity index (χ1) is 14.3. The molecule has 0 aliphatic carbocycles. The second-order valence-corrected chi connectivity index (χ2v) is 7.07. The number of benzene rings is 1. The van der Waals surface area contributed by atoms with Crippen LogP contribution >= 0.6 is 11.6 Å². The van der Waals surface area contributed by atoms with Gasteiger partial charge in [0.15, 0.2) is 0 Å². The van der Waals surface area contributed by atoms with Crippen molar-refractivity contribution < 1.29 is 14.3 Å². The van der Waals surface area contributed by atoms with Crippen LogP contribution in [0.2, 0.25) is 5.02 Å². The van der Waals surface area contributed by atoms with Gasteiger partial charge < -0.3 is 15.3 Å². The SMILES string of the molecule is C=C/C=C(\C=C(/C)Nc1ncc2c(n1)N(C)CN(c1c(F)cccc1Cl)C2=O)CO. The first-order valence-corrected chi connectivity index (χ1v) is 9.45. The fraction of sp³-hybridized carbons (Fsp3) is 0.190. The van der Waals surface area contributed by atoms with Crippen molar-refractivity contribution in [3.05, 3.63) is 76.9 Å². The molecule has 0 saturated heterocycles. The predicted octanol–water partition coefficient (Wildman–Crippen LogP) is 3.74. The van der Waals surface area contributed by atoms with Crippen LogP contribution in [0, 0.1) is 5.82 Å². The second kappa shape index (κ2) is 9.06. The lowest BCUT2D eigenvalue weighted by atomic mass is 10.2. The monoisotopic (exact) mass is 429 g/mol. The molecule has 0 spiro atoms. The average molecular weight is 430 g/mol. The summed E-state index contributed by atoms with van der Waals surface area (Å²) in [5.41, 5.74) is 1.62. The maximum absolute atomic E-state index is 14.3. The van der Waals surface area contributed by atoms with Crippen LogP contribution in [-0.2, 0) is 0 Å². The van der Waals surface area contributed by atoms with E-state index in [1.165, 1.54) is 29.3 Å². The van der Waals surface area contributed by atoms with Gasteiger partial charge in [-0.3, -0.25) is 9.69 Å². The Hall–Kier alpha value is -3.23. The third-order valence-corrected chi connectivity index (χ3v) is 4.70. The number of aromatic nitrogens is 2. The smallest absolute Gasteiger partial charge is 0.265 e. The second-order valence-electron chi connectivity index (χ2n) is 6.66. The molecule has 1 aliphatic rings. The van der Waals surface area contributed by atoms with Gasteiger partial charge in [0, 0.05) is 18.9 Å². The van der Waals surface area contributed by atoms with Crippen LogP contribution in [0.4, 0.5) is 21.8 Å². The minimum Gasteiger partial charge on any atom is -0.392 e. The number of carbonyl (C=O) groups excluding carboxylic acids is 1. The van der Waals surface area contributed by atoms with Crippen molar-refractivity contribution in [2.24, 2.45) is 0 Å². The molecule has 0 saturated carbocycles. The molecule has 0 bridgehead atoms. The molecule has 1 aromatic carbocycles. The van der Waals surface area contributed by atoms with E-state index in [1.54, 1.807) is 37.1 Å². The van der Waals surface area contributed by atoms with Crippen molar-refractivity contribution in [1.29, 1.82) is 0 Å². The van der Waals surface area contributed by atoms with Gasteiger partial charge in [0.05, 0.1) is 18.3 Å². The molecule has 3 rings (SSSR count). The number of anilines is 3. The summed E-state index contributed by atoms with van der Waals surface area (Å²) >= 11 is 6.13. The predicted molar refractivity (Wildman–Crippen MR) is 116 cm³/mol. The standard InChI is InChI=1S/C21H21ClFN5O2/c1-4-6-14(11-29)9-13(2)25-21-24-10-15-19(26-21)27(3)12-28(20(15)30)18-16(22)7-5-8-17(18)23/h4-10,29H,1,11-12H2,2-3H3,(H,24,25,26)/b13-9+,14-6+. The molecule has 0 unspecified atom stereocenters. The highest BCUT2D eigenvalue weighted by atomic mass is 35.5. The molecule has 0 fully saturated rings. The number of hydrogen-bond donors (Lipinski definition) is 2.